The Hall–Kier alpha value is -5.10. The van der Waals surface area contributed by atoms with E-state index >= 15 is 0 Å². The maximum atomic E-state index is 13.5. The Kier molecular flexibility index (Phi) is 10.7. The molecule has 0 saturated carbocycles. The molecule has 48 heavy (non-hydrogen) atoms. The summed E-state index contributed by atoms with van der Waals surface area (Å²) in [6, 6.07) is 18.4. The normalized spacial score (nSPS) is 12.9. The van der Waals surface area contributed by atoms with Crippen molar-refractivity contribution in [3.63, 3.8) is 0 Å². The number of benzene rings is 3. The van der Waals surface area contributed by atoms with Crippen LogP contribution in [0.2, 0.25) is 0 Å². The fourth-order valence-corrected chi connectivity index (χ4v) is 5.14. The second-order valence-corrected chi connectivity index (χ2v) is 14.3. The number of sulfone groups is 2. The summed E-state index contributed by atoms with van der Waals surface area (Å²) in [6.07, 6.45) is -6.56. The molecule has 18 heteroatoms. The first kappa shape index (κ1) is 35.7. The number of hydrazone groups is 2. The van der Waals surface area contributed by atoms with E-state index in [9.17, 15) is 34.4 Å². The van der Waals surface area contributed by atoms with Crippen LogP contribution in [0.5, 0.6) is 5.75 Å². The summed E-state index contributed by atoms with van der Waals surface area (Å²) < 4.78 is 104. The Morgan fingerprint density at radius 1 is 0.750 bits per heavy atom. The van der Waals surface area contributed by atoms with Gasteiger partial charge in [-0.1, -0.05) is 30.3 Å². The van der Waals surface area contributed by atoms with Gasteiger partial charge in [0.15, 0.2) is 31.3 Å². The summed E-state index contributed by atoms with van der Waals surface area (Å²) >= 11 is 0. The average Bonchev–Trinajstić information content (AvgIpc) is 3.01. The van der Waals surface area contributed by atoms with Gasteiger partial charge in [0.2, 0.25) is 5.95 Å². The molecule has 4 aromatic rings. The molecule has 4 rings (SSSR count). The van der Waals surface area contributed by atoms with E-state index in [1.807, 2.05) is 0 Å². The molecule has 0 amide bonds. The van der Waals surface area contributed by atoms with Gasteiger partial charge >= 0.3 is 12.5 Å². The molecule has 0 fully saturated rings. The maximum absolute atomic E-state index is 13.5. The molecular weight excluding hydrogens is 678 g/mol. The van der Waals surface area contributed by atoms with Crippen molar-refractivity contribution in [2.24, 2.45) is 10.2 Å². The molecule has 0 bridgehead atoms. The SMILES string of the molecule is CC(=NNc1cc(NN=C(C)c2ccc(S(C)(=O)=O)cc2)nc(Nc2cccc(OC(F)(F)C(F)F)c2)n1)c1ccc(S(C)(=O)=O)cc1. The summed E-state index contributed by atoms with van der Waals surface area (Å²) in [5, 5.41) is 11.4. The Morgan fingerprint density at radius 2 is 1.21 bits per heavy atom. The van der Waals surface area contributed by atoms with Crippen molar-refractivity contribution in [3.8, 4) is 5.75 Å². The number of hydrogen-bond acceptors (Lipinski definition) is 12. The monoisotopic (exact) mass is 707 g/mol. The predicted octanol–water partition coefficient (Wildman–Crippen LogP) is 5.94. The lowest BCUT2D eigenvalue weighted by molar-refractivity contribution is -0.253. The van der Waals surface area contributed by atoms with Crippen LogP contribution in [-0.4, -0.2) is 63.3 Å². The molecule has 0 aliphatic rings. The number of rotatable bonds is 13. The highest BCUT2D eigenvalue weighted by Gasteiger charge is 2.44. The van der Waals surface area contributed by atoms with Crippen LogP contribution in [0.15, 0.2) is 98.9 Å². The van der Waals surface area contributed by atoms with Crippen molar-refractivity contribution < 1.29 is 39.1 Å². The Morgan fingerprint density at radius 3 is 1.62 bits per heavy atom. The highest BCUT2D eigenvalue weighted by molar-refractivity contribution is 7.91. The van der Waals surface area contributed by atoms with E-state index in [1.165, 1.54) is 42.5 Å². The van der Waals surface area contributed by atoms with Crippen LogP contribution in [0.25, 0.3) is 0 Å². The largest absolute Gasteiger partial charge is 0.461 e. The lowest BCUT2D eigenvalue weighted by atomic mass is 10.1. The van der Waals surface area contributed by atoms with Crippen LogP contribution < -0.4 is 20.9 Å². The number of anilines is 4. The lowest BCUT2D eigenvalue weighted by Gasteiger charge is -2.17. The Labute approximate surface area is 273 Å². The third kappa shape index (κ3) is 9.71. The summed E-state index contributed by atoms with van der Waals surface area (Å²) in [6.45, 7) is 3.34. The van der Waals surface area contributed by atoms with Crippen LogP contribution in [0.3, 0.4) is 0 Å². The van der Waals surface area contributed by atoms with Gasteiger partial charge in [0.1, 0.15) is 5.75 Å². The molecule has 0 aliphatic carbocycles. The van der Waals surface area contributed by atoms with Crippen molar-refractivity contribution in [2.75, 3.05) is 28.7 Å². The van der Waals surface area contributed by atoms with Gasteiger partial charge in [0.25, 0.3) is 0 Å². The number of nitrogens with one attached hydrogen (secondary N) is 3. The van der Waals surface area contributed by atoms with Crippen LogP contribution in [0.4, 0.5) is 40.8 Å². The molecule has 3 aromatic carbocycles. The molecule has 1 aromatic heterocycles. The number of nitrogens with zero attached hydrogens (tertiary/aromatic N) is 4. The van der Waals surface area contributed by atoms with Gasteiger partial charge in [-0.3, -0.25) is 10.9 Å². The molecule has 3 N–H and O–H groups in total. The quantitative estimate of drug-likeness (QED) is 0.0861. The molecular formula is C30H29F4N7O5S2. The van der Waals surface area contributed by atoms with Crippen LogP contribution in [-0.2, 0) is 19.7 Å². The van der Waals surface area contributed by atoms with Gasteiger partial charge in [-0.05, 0) is 61.4 Å². The van der Waals surface area contributed by atoms with E-state index in [1.54, 1.807) is 38.1 Å². The third-order valence-corrected chi connectivity index (χ3v) is 8.66. The summed E-state index contributed by atoms with van der Waals surface area (Å²) in [7, 11) is -6.78. The minimum absolute atomic E-state index is 0.0870. The number of hydrogen-bond donors (Lipinski definition) is 3. The second kappa shape index (κ2) is 14.3. The van der Waals surface area contributed by atoms with Crippen molar-refractivity contribution >= 4 is 54.4 Å². The maximum Gasteiger partial charge on any atom is 0.461 e. The molecule has 0 radical (unpaired) electrons. The summed E-state index contributed by atoms with van der Waals surface area (Å²) in [5.74, 6) is -0.369. The highest BCUT2D eigenvalue weighted by Crippen LogP contribution is 2.30. The van der Waals surface area contributed by atoms with E-state index in [0.717, 1.165) is 24.6 Å². The van der Waals surface area contributed by atoms with Crippen LogP contribution in [0.1, 0.15) is 25.0 Å². The summed E-state index contributed by atoms with van der Waals surface area (Å²) in [5.41, 5.74) is 7.83. The van der Waals surface area contributed by atoms with Crippen molar-refractivity contribution in [1.82, 2.24) is 9.97 Å². The third-order valence-electron chi connectivity index (χ3n) is 6.40. The molecule has 254 valence electrons. The lowest BCUT2D eigenvalue weighted by Crippen LogP contribution is -2.33. The smallest absolute Gasteiger partial charge is 0.428 e. The van der Waals surface area contributed by atoms with E-state index in [4.69, 9.17) is 0 Å². The molecule has 0 spiro atoms. The van der Waals surface area contributed by atoms with E-state index < -0.39 is 38.0 Å². The molecule has 0 unspecified atom stereocenters. The second-order valence-electron chi connectivity index (χ2n) is 10.3. The minimum atomic E-state index is -4.71. The van der Waals surface area contributed by atoms with Gasteiger partial charge in [0.05, 0.1) is 21.2 Å². The molecule has 0 atom stereocenters. The molecule has 0 aliphatic heterocycles. The first-order valence-corrected chi connectivity index (χ1v) is 17.5. The van der Waals surface area contributed by atoms with Gasteiger partial charge in [-0.25, -0.2) is 16.8 Å². The van der Waals surface area contributed by atoms with E-state index in [2.05, 4.69) is 41.1 Å². The molecule has 12 nitrogen and oxygen atoms in total. The average molecular weight is 708 g/mol. The number of aromatic nitrogens is 2. The fraction of sp³-hybridized carbons (Fsp3) is 0.200. The topological polar surface area (TPSA) is 164 Å². The Balaban J connectivity index is 1.62. The zero-order valence-corrected chi connectivity index (χ0v) is 27.4. The van der Waals surface area contributed by atoms with Crippen LogP contribution >= 0.6 is 0 Å². The first-order chi connectivity index (χ1) is 22.4. The number of alkyl halides is 4. The van der Waals surface area contributed by atoms with Gasteiger partial charge < -0.3 is 10.1 Å². The minimum Gasteiger partial charge on any atom is -0.428 e. The number of ether oxygens (including phenoxy) is 1. The van der Waals surface area contributed by atoms with E-state index in [-0.39, 0.29) is 33.1 Å². The zero-order chi connectivity index (χ0) is 35.3. The number of halogens is 4. The fourth-order valence-electron chi connectivity index (χ4n) is 3.88. The predicted molar refractivity (Wildman–Crippen MR) is 174 cm³/mol. The van der Waals surface area contributed by atoms with Gasteiger partial charge in [-0.2, -0.15) is 37.7 Å². The first-order valence-electron chi connectivity index (χ1n) is 13.7. The highest BCUT2D eigenvalue weighted by atomic mass is 32.2. The Bertz CT molecular complexity index is 1950. The van der Waals surface area contributed by atoms with Crippen molar-refractivity contribution in [2.45, 2.75) is 36.2 Å². The van der Waals surface area contributed by atoms with Gasteiger partial charge in [-0.15, -0.1) is 0 Å². The summed E-state index contributed by atoms with van der Waals surface area (Å²) in [4.78, 5) is 8.92. The van der Waals surface area contributed by atoms with Gasteiger partial charge in [0, 0.05) is 30.3 Å². The van der Waals surface area contributed by atoms with Crippen molar-refractivity contribution in [3.05, 3.63) is 90.0 Å². The van der Waals surface area contributed by atoms with Crippen LogP contribution in [0, 0.1) is 0 Å². The van der Waals surface area contributed by atoms with Crippen molar-refractivity contribution in [1.29, 1.82) is 0 Å². The standard InChI is InChI=1S/C30H29F4N7O5S2/c1-18(20-8-12-24(13-9-20)47(3,42)43)38-40-26-17-27(41-39-19(2)21-10-14-25(15-11-21)48(4,44)45)37-29(36-26)35-22-6-5-7-23(16-22)46-30(33,34)28(31)32/h5-17,28H,1-4H3,(H3,35,36,37,40,41). The van der Waals surface area contributed by atoms with E-state index in [0.29, 0.717) is 22.6 Å². The molecule has 1 heterocycles. The molecule has 0 saturated heterocycles. The zero-order valence-electron chi connectivity index (χ0n) is 25.7.